The average molecular weight is 449 g/mol. The van der Waals surface area contributed by atoms with Crippen molar-refractivity contribution in [3.8, 4) is 0 Å². The Bertz CT molecular complexity index is 1220. The zero-order valence-electron chi connectivity index (χ0n) is 18.1. The van der Waals surface area contributed by atoms with E-state index in [-0.39, 0.29) is 6.54 Å². The summed E-state index contributed by atoms with van der Waals surface area (Å²) in [6, 6.07) is 10.3. The summed E-state index contributed by atoms with van der Waals surface area (Å²) in [5.41, 5.74) is 3.49. The van der Waals surface area contributed by atoms with Crippen LogP contribution in [0.5, 0.6) is 0 Å². The van der Waals surface area contributed by atoms with Crippen LogP contribution in [-0.4, -0.2) is 49.8 Å². The van der Waals surface area contributed by atoms with E-state index in [1.807, 2.05) is 36.4 Å². The number of hydrogen-bond acceptors (Lipinski definition) is 7. The third-order valence-corrected chi connectivity index (χ3v) is 5.18. The highest BCUT2D eigenvalue weighted by Gasteiger charge is 2.28. The van der Waals surface area contributed by atoms with Crippen LogP contribution in [0.2, 0.25) is 0 Å². The Labute approximate surface area is 189 Å². The number of benzene rings is 1. The van der Waals surface area contributed by atoms with Crippen LogP contribution < -0.4 is 10.6 Å². The Kier molecular flexibility index (Phi) is 6.80. The molecular weight excluding hydrogens is 426 g/mol. The van der Waals surface area contributed by atoms with Crippen molar-refractivity contribution < 1.29 is 28.3 Å². The Morgan fingerprint density at radius 3 is 2.79 bits per heavy atom. The van der Waals surface area contributed by atoms with Gasteiger partial charge in [0.1, 0.15) is 5.76 Å². The SMILES string of the molecule is COCCNC(=O)NC(=O)COC(=O)c1c2c(nc3ccccc13)/C(=C\c1ccco1)CC2. The summed E-state index contributed by atoms with van der Waals surface area (Å²) >= 11 is 0. The van der Waals surface area contributed by atoms with Crippen LogP contribution >= 0.6 is 0 Å². The van der Waals surface area contributed by atoms with Crippen molar-refractivity contribution in [3.63, 3.8) is 0 Å². The number of amides is 3. The lowest BCUT2D eigenvalue weighted by Crippen LogP contribution is -2.42. The van der Waals surface area contributed by atoms with Gasteiger partial charge in [-0.1, -0.05) is 18.2 Å². The maximum Gasteiger partial charge on any atom is 0.339 e. The molecule has 0 atom stereocenters. The second-order valence-corrected chi connectivity index (χ2v) is 7.39. The molecule has 33 heavy (non-hydrogen) atoms. The minimum atomic E-state index is -0.730. The molecule has 2 heterocycles. The zero-order valence-corrected chi connectivity index (χ0v) is 18.1. The van der Waals surface area contributed by atoms with Crippen LogP contribution in [0.4, 0.5) is 4.79 Å². The lowest BCUT2D eigenvalue weighted by molar-refractivity contribution is -0.123. The molecule has 0 radical (unpaired) electrons. The molecule has 0 fully saturated rings. The number of aromatic nitrogens is 1. The van der Waals surface area contributed by atoms with Crippen molar-refractivity contribution in [2.45, 2.75) is 12.8 Å². The molecule has 1 aliphatic rings. The van der Waals surface area contributed by atoms with Gasteiger partial charge in [-0.3, -0.25) is 10.1 Å². The molecular formula is C24H23N3O6. The fraction of sp³-hybridized carbons (Fsp3) is 0.250. The molecule has 0 saturated heterocycles. The molecule has 0 spiro atoms. The number of esters is 1. The molecule has 2 aromatic heterocycles. The van der Waals surface area contributed by atoms with Crippen LogP contribution in [0.15, 0.2) is 47.1 Å². The van der Waals surface area contributed by atoms with Crippen molar-refractivity contribution in [2.24, 2.45) is 0 Å². The predicted molar refractivity (Wildman–Crippen MR) is 120 cm³/mol. The molecule has 4 rings (SSSR count). The monoisotopic (exact) mass is 449 g/mol. The van der Waals surface area contributed by atoms with Crippen LogP contribution in [0.1, 0.15) is 33.8 Å². The smallest absolute Gasteiger partial charge is 0.339 e. The largest absolute Gasteiger partial charge is 0.465 e. The summed E-state index contributed by atoms with van der Waals surface area (Å²) in [6.07, 6.45) is 4.82. The molecule has 9 heteroatoms. The number of fused-ring (bicyclic) bond motifs is 2. The number of allylic oxidation sites excluding steroid dienone is 1. The van der Waals surface area contributed by atoms with Crippen LogP contribution in [0.3, 0.4) is 0 Å². The molecule has 9 nitrogen and oxygen atoms in total. The highest BCUT2D eigenvalue weighted by molar-refractivity contribution is 6.07. The first-order chi connectivity index (χ1) is 16.1. The first-order valence-corrected chi connectivity index (χ1v) is 10.5. The molecule has 0 aliphatic heterocycles. The van der Waals surface area contributed by atoms with Gasteiger partial charge in [0, 0.05) is 19.0 Å². The number of urea groups is 1. The number of rotatable bonds is 7. The first-order valence-electron chi connectivity index (χ1n) is 10.5. The number of carbonyl (C=O) groups is 3. The molecule has 0 bridgehead atoms. The topological polar surface area (TPSA) is 120 Å². The number of methoxy groups -OCH3 is 1. The summed E-state index contributed by atoms with van der Waals surface area (Å²) < 4.78 is 15.5. The predicted octanol–water partition coefficient (Wildman–Crippen LogP) is 2.94. The second kappa shape index (κ2) is 10.1. The van der Waals surface area contributed by atoms with Crippen molar-refractivity contribution in [1.29, 1.82) is 0 Å². The van der Waals surface area contributed by atoms with Crippen LogP contribution in [0, 0.1) is 0 Å². The van der Waals surface area contributed by atoms with Crippen LogP contribution in [0.25, 0.3) is 22.6 Å². The fourth-order valence-corrected chi connectivity index (χ4v) is 3.73. The van der Waals surface area contributed by atoms with Gasteiger partial charge in [-0.25, -0.2) is 14.6 Å². The van der Waals surface area contributed by atoms with Gasteiger partial charge in [-0.05, 0) is 48.3 Å². The van der Waals surface area contributed by atoms with Crippen molar-refractivity contribution >= 4 is 40.5 Å². The van der Waals surface area contributed by atoms with Gasteiger partial charge in [0.25, 0.3) is 5.91 Å². The fourth-order valence-electron chi connectivity index (χ4n) is 3.73. The summed E-state index contributed by atoms with van der Waals surface area (Å²) in [7, 11) is 1.50. The van der Waals surface area contributed by atoms with E-state index < -0.39 is 24.5 Å². The summed E-state index contributed by atoms with van der Waals surface area (Å²) in [5, 5.41) is 5.22. The van der Waals surface area contributed by atoms with E-state index in [0.29, 0.717) is 41.7 Å². The highest BCUT2D eigenvalue weighted by Crippen LogP contribution is 2.37. The number of ether oxygens (including phenoxy) is 2. The third-order valence-electron chi connectivity index (χ3n) is 5.18. The van der Waals surface area contributed by atoms with E-state index in [0.717, 1.165) is 16.8 Å². The minimum absolute atomic E-state index is 0.248. The summed E-state index contributed by atoms with van der Waals surface area (Å²) in [5.74, 6) is -0.664. The van der Waals surface area contributed by atoms with E-state index in [2.05, 4.69) is 10.6 Å². The Balaban J connectivity index is 1.54. The maximum absolute atomic E-state index is 13.1. The molecule has 3 aromatic rings. The zero-order chi connectivity index (χ0) is 23.2. The number of imide groups is 1. The molecule has 1 aromatic carbocycles. The lowest BCUT2D eigenvalue weighted by atomic mass is 10.0. The Morgan fingerprint density at radius 2 is 2.00 bits per heavy atom. The van der Waals surface area contributed by atoms with Gasteiger partial charge >= 0.3 is 12.0 Å². The van der Waals surface area contributed by atoms with Crippen molar-refractivity contribution in [3.05, 3.63) is 65.2 Å². The third kappa shape index (κ3) is 5.09. The van der Waals surface area contributed by atoms with E-state index >= 15 is 0 Å². The summed E-state index contributed by atoms with van der Waals surface area (Å²) in [4.78, 5) is 41.5. The van der Waals surface area contributed by atoms with Gasteiger partial charge < -0.3 is 19.2 Å². The van der Waals surface area contributed by atoms with Gasteiger partial charge in [-0.15, -0.1) is 0 Å². The van der Waals surface area contributed by atoms with Gasteiger partial charge in [-0.2, -0.15) is 0 Å². The number of hydrogen-bond donors (Lipinski definition) is 2. The van der Waals surface area contributed by atoms with Gasteiger partial charge in [0.05, 0.1) is 29.6 Å². The number of pyridine rings is 1. The number of nitrogens with zero attached hydrogens (tertiary/aromatic N) is 1. The number of nitrogens with one attached hydrogen (secondary N) is 2. The normalized spacial score (nSPS) is 13.7. The van der Waals surface area contributed by atoms with E-state index in [4.69, 9.17) is 18.9 Å². The number of carbonyl (C=O) groups excluding carboxylic acids is 3. The number of para-hydroxylation sites is 1. The highest BCUT2D eigenvalue weighted by atomic mass is 16.5. The standard InChI is InChI=1S/C24H23N3O6/c1-31-12-10-25-24(30)27-20(28)14-33-23(29)21-17-6-2-3-7-19(17)26-22-15(8-9-18(21)22)13-16-5-4-11-32-16/h2-7,11,13H,8-10,12,14H2,1H3,(H2,25,27,28,30)/b15-13-. The second-order valence-electron chi connectivity index (χ2n) is 7.39. The molecule has 2 N–H and O–H groups in total. The van der Waals surface area contributed by atoms with Crippen molar-refractivity contribution in [2.75, 3.05) is 26.9 Å². The van der Waals surface area contributed by atoms with Crippen molar-refractivity contribution in [1.82, 2.24) is 15.6 Å². The van der Waals surface area contributed by atoms with E-state index in [1.54, 1.807) is 12.3 Å². The van der Waals surface area contributed by atoms with E-state index in [1.165, 1.54) is 7.11 Å². The Hall–Kier alpha value is -3.98. The maximum atomic E-state index is 13.1. The van der Waals surface area contributed by atoms with Crippen LogP contribution in [-0.2, 0) is 20.7 Å². The average Bonchev–Trinajstić information content (AvgIpc) is 3.46. The summed E-state index contributed by atoms with van der Waals surface area (Å²) in [6.45, 7) is -0.0252. The van der Waals surface area contributed by atoms with Gasteiger partial charge in [0.15, 0.2) is 6.61 Å². The number of furan rings is 1. The molecule has 0 unspecified atom stereocenters. The molecule has 170 valence electrons. The minimum Gasteiger partial charge on any atom is -0.465 e. The quantitative estimate of drug-likeness (QED) is 0.420. The lowest BCUT2D eigenvalue weighted by Gasteiger charge is -2.12. The molecule has 3 amide bonds. The Morgan fingerprint density at radius 1 is 1.15 bits per heavy atom. The van der Waals surface area contributed by atoms with E-state index in [9.17, 15) is 14.4 Å². The molecule has 1 aliphatic carbocycles. The van der Waals surface area contributed by atoms with Gasteiger partial charge in [0.2, 0.25) is 0 Å². The first kappa shape index (κ1) is 22.2. The molecule has 0 saturated carbocycles.